The first kappa shape index (κ1) is 20.5. The van der Waals surface area contributed by atoms with Gasteiger partial charge in [-0.3, -0.25) is 0 Å². The Kier molecular flexibility index (Phi) is 5.94. The van der Waals surface area contributed by atoms with Gasteiger partial charge in [-0.1, -0.05) is 0 Å². The first-order chi connectivity index (χ1) is 15.2. The van der Waals surface area contributed by atoms with Crippen LogP contribution in [-0.4, -0.2) is 4.23 Å². The monoisotopic (exact) mass is 439 g/mol. The van der Waals surface area contributed by atoms with Crippen LogP contribution in [0.4, 0.5) is 0 Å². The molecule has 1 fully saturated rings. The third-order valence-corrected chi connectivity index (χ3v) is 7.51. The summed E-state index contributed by atoms with van der Waals surface area (Å²) >= 11 is 2.81. The topological polar surface area (TPSA) is 0 Å². The number of allylic oxidation sites excluding steroid dienone is 3. The number of benzene rings is 3. The molecule has 0 heterocycles. The molecular weight excluding hydrogens is 411 g/mol. The molecule has 0 radical (unpaired) electrons. The van der Waals surface area contributed by atoms with Gasteiger partial charge in [-0.05, 0) is 0 Å². The maximum atomic E-state index is 4.29. The fourth-order valence-corrected chi connectivity index (χ4v) is 5.93. The van der Waals surface area contributed by atoms with Crippen molar-refractivity contribution in [3.63, 3.8) is 0 Å². The fraction of sp³-hybridized carbons (Fsp3) is 0.233. The Morgan fingerprint density at radius 2 is 1.55 bits per heavy atom. The standard InChI is InChI=1S/C30H28.V/c1-22(21-23-12-3-2-4-13-23)11-9-16-25-17-10-20-28-26-18-7-8-19-27(26)29(30(25)28)24-14-5-6-15-24;/h2-4,7-13,17-20,24,29H,1,5-6,14-15,21H2;. The van der Waals surface area contributed by atoms with Gasteiger partial charge in [-0.25, -0.2) is 0 Å². The van der Waals surface area contributed by atoms with E-state index in [1.165, 1.54) is 57.7 Å². The molecule has 2 aliphatic rings. The zero-order chi connectivity index (χ0) is 21.2. The van der Waals surface area contributed by atoms with E-state index in [1.807, 2.05) is 0 Å². The zero-order valence-corrected chi connectivity index (χ0v) is 19.3. The molecule has 1 heteroatoms. The summed E-state index contributed by atoms with van der Waals surface area (Å²) in [5.41, 5.74) is 9.78. The molecule has 3 aromatic rings. The third-order valence-electron chi connectivity index (χ3n) is 6.90. The van der Waals surface area contributed by atoms with Crippen molar-refractivity contribution < 1.29 is 17.0 Å². The fourth-order valence-electron chi connectivity index (χ4n) is 5.51. The van der Waals surface area contributed by atoms with E-state index in [1.54, 1.807) is 5.56 Å². The quantitative estimate of drug-likeness (QED) is 0.351. The van der Waals surface area contributed by atoms with Crippen molar-refractivity contribution in [2.45, 2.75) is 38.0 Å². The molecule has 0 aliphatic heterocycles. The van der Waals surface area contributed by atoms with E-state index in [0.717, 1.165) is 17.9 Å². The van der Waals surface area contributed by atoms with Crippen LogP contribution < -0.4 is 0 Å². The average Bonchev–Trinajstić information content (AvgIpc) is 3.44. The second-order valence-electron chi connectivity index (χ2n) is 8.92. The molecule has 1 unspecified atom stereocenters. The summed E-state index contributed by atoms with van der Waals surface area (Å²) in [5, 5.41) is 0. The first-order valence-electron chi connectivity index (χ1n) is 11.4. The van der Waals surface area contributed by atoms with Crippen molar-refractivity contribution >= 4 is 4.23 Å². The summed E-state index contributed by atoms with van der Waals surface area (Å²) in [6.45, 7) is 4.29. The molecular formula is C30H28V. The van der Waals surface area contributed by atoms with Crippen molar-refractivity contribution in [3.8, 4) is 11.1 Å². The Morgan fingerprint density at radius 3 is 2.35 bits per heavy atom. The van der Waals surface area contributed by atoms with Gasteiger partial charge in [0.25, 0.3) is 0 Å². The van der Waals surface area contributed by atoms with E-state index in [0.29, 0.717) is 5.92 Å². The average molecular weight is 439 g/mol. The molecule has 1 saturated carbocycles. The van der Waals surface area contributed by atoms with Crippen LogP contribution in [-0.2, 0) is 23.4 Å². The Bertz CT molecular complexity index is 1150. The second kappa shape index (κ2) is 8.99. The van der Waals surface area contributed by atoms with Gasteiger partial charge in [-0.2, -0.15) is 0 Å². The molecule has 153 valence electrons. The molecule has 1 atom stereocenters. The van der Waals surface area contributed by atoms with Crippen LogP contribution in [0.1, 0.15) is 53.9 Å². The molecule has 0 N–H and O–H groups in total. The van der Waals surface area contributed by atoms with E-state index in [4.69, 9.17) is 0 Å². The van der Waals surface area contributed by atoms with Gasteiger partial charge in [0.2, 0.25) is 0 Å². The van der Waals surface area contributed by atoms with Crippen LogP contribution in [0.15, 0.2) is 97.1 Å². The van der Waals surface area contributed by atoms with Crippen molar-refractivity contribution in [3.05, 3.63) is 119 Å². The second-order valence-corrected chi connectivity index (χ2v) is 9.67. The van der Waals surface area contributed by atoms with Crippen LogP contribution in [0, 0.1) is 5.92 Å². The van der Waals surface area contributed by atoms with Gasteiger partial charge in [0.1, 0.15) is 0 Å². The minimum atomic E-state index is 0.532. The van der Waals surface area contributed by atoms with E-state index in [9.17, 15) is 0 Å². The van der Waals surface area contributed by atoms with E-state index in [2.05, 4.69) is 109 Å². The van der Waals surface area contributed by atoms with Gasteiger partial charge in [0, 0.05) is 0 Å². The van der Waals surface area contributed by atoms with Crippen LogP contribution in [0.2, 0.25) is 0 Å². The Morgan fingerprint density at radius 1 is 0.839 bits per heavy atom. The van der Waals surface area contributed by atoms with Crippen LogP contribution in [0.5, 0.6) is 0 Å². The predicted octanol–water partition coefficient (Wildman–Crippen LogP) is 7.41. The Balaban J connectivity index is 1.46. The van der Waals surface area contributed by atoms with Crippen molar-refractivity contribution in [2.24, 2.45) is 5.92 Å². The van der Waals surface area contributed by atoms with Crippen LogP contribution in [0.3, 0.4) is 0 Å². The third kappa shape index (κ3) is 4.08. The molecule has 3 aromatic carbocycles. The number of hydrogen-bond donors (Lipinski definition) is 0. The SMILES string of the molecule is C=C(C=C[C](=[V])c1cccc2c1C(C1CCCC1)c1ccccc1-2)Cc1ccccc1. The van der Waals surface area contributed by atoms with E-state index in [-0.39, 0.29) is 0 Å². The number of fused-ring (bicyclic) bond motifs is 3. The van der Waals surface area contributed by atoms with Gasteiger partial charge in [0.15, 0.2) is 0 Å². The minimum absolute atomic E-state index is 0.532. The summed E-state index contributed by atoms with van der Waals surface area (Å²) < 4.78 is 1.27. The molecule has 0 aromatic heterocycles. The van der Waals surface area contributed by atoms with Gasteiger partial charge < -0.3 is 0 Å². The molecule has 0 saturated heterocycles. The predicted molar refractivity (Wildman–Crippen MR) is 128 cm³/mol. The molecule has 31 heavy (non-hydrogen) atoms. The van der Waals surface area contributed by atoms with Gasteiger partial charge in [-0.15, -0.1) is 0 Å². The summed E-state index contributed by atoms with van der Waals surface area (Å²) in [6.07, 6.45) is 10.8. The van der Waals surface area contributed by atoms with Gasteiger partial charge >= 0.3 is 196 Å². The zero-order valence-electron chi connectivity index (χ0n) is 17.9. The Labute approximate surface area is 195 Å². The summed E-state index contributed by atoms with van der Waals surface area (Å²) in [4.78, 5) is 0. The van der Waals surface area contributed by atoms with Gasteiger partial charge in [0.05, 0.1) is 0 Å². The maximum absolute atomic E-state index is 4.29. The summed E-state index contributed by atoms with van der Waals surface area (Å²) in [5.74, 6) is 1.30. The molecule has 0 nitrogen and oxygen atoms in total. The number of rotatable bonds is 6. The molecule has 5 rings (SSSR count). The van der Waals surface area contributed by atoms with Crippen molar-refractivity contribution in [2.75, 3.05) is 0 Å². The molecule has 0 bridgehead atoms. The Hall–Kier alpha value is -2.41. The van der Waals surface area contributed by atoms with E-state index >= 15 is 0 Å². The van der Waals surface area contributed by atoms with Crippen LogP contribution >= 0.6 is 0 Å². The molecule has 0 spiro atoms. The molecule has 2 aliphatic carbocycles. The summed E-state index contributed by atoms with van der Waals surface area (Å²) in [7, 11) is 0. The molecule has 0 amide bonds. The number of hydrogen-bond acceptors (Lipinski definition) is 0. The van der Waals surface area contributed by atoms with Crippen molar-refractivity contribution in [1.82, 2.24) is 0 Å². The first-order valence-corrected chi connectivity index (χ1v) is 12.1. The summed E-state index contributed by atoms with van der Waals surface area (Å²) in [6, 6.07) is 26.5. The van der Waals surface area contributed by atoms with Crippen LogP contribution in [0.25, 0.3) is 11.1 Å². The normalized spacial score (nSPS) is 17.6. The van der Waals surface area contributed by atoms with Crippen molar-refractivity contribution in [1.29, 1.82) is 0 Å². The van der Waals surface area contributed by atoms with E-state index < -0.39 is 0 Å².